The summed E-state index contributed by atoms with van der Waals surface area (Å²) in [6.07, 6.45) is 1.77. The lowest BCUT2D eigenvalue weighted by molar-refractivity contribution is 0.0976. The number of hydrogen-bond donors (Lipinski definition) is 0. The van der Waals surface area contributed by atoms with Crippen LogP contribution in [0, 0.1) is 6.92 Å². The summed E-state index contributed by atoms with van der Waals surface area (Å²) in [5.74, 6) is 0.409. The van der Waals surface area contributed by atoms with Crippen LogP contribution in [0.5, 0.6) is 5.88 Å². The van der Waals surface area contributed by atoms with E-state index in [0.717, 1.165) is 11.3 Å². The van der Waals surface area contributed by atoms with E-state index in [2.05, 4.69) is 10.1 Å². The zero-order valence-electron chi connectivity index (χ0n) is 14.1. The minimum absolute atomic E-state index is 0.0952. The lowest BCUT2D eigenvalue weighted by Gasteiger charge is -2.28. The van der Waals surface area contributed by atoms with Crippen LogP contribution in [0.2, 0.25) is 0 Å². The van der Waals surface area contributed by atoms with Crippen LogP contribution in [0.3, 0.4) is 0 Å². The fraction of sp³-hybridized carbons (Fsp3) is 0.211. The predicted molar refractivity (Wildman–Crippen MR) is 94.8 cm³/mol. The van der Waals surface area contributed by atoms with Gasteiger partial charge in [0.25, 0.3) is 5.91 Å². The van der Waals surface area contributed by atoms with Crippen molar-refractivity contribution in [1.29, 1.82) is 0 Å². The van der Waals surface area contributed by atoms with E-state index in [9.17, 15) is 4.79 Å². The Labute approximate surface area is 145 Å². The zero-order valence-corrected chi connectivity index (χ0v) is 14.1. The quantitative estimate of drug-likeness (QED) is 0.723. The number of carbonyl (C=O) groups is 1. The van der Waals surface area contributed by atoms with Gasteiger partial charge in [0.15, 0.2) is 0 Å². The van der Waals surface area contributed by atoms with Crippen molar-refractivity contribution in [3.8, 4) is 17.1 Å². The van der Waals surface area contributed by atoms with Gasteiger partial charge in [0.2, 0.25) is 5.88 Å². The van der Waals surface area contributed by atoms with Crippen LogP contribution < -0.4 is 9.64 Å². The fourth-order valence-electron chi connectivity index (χ4n) is 3.00. The Morgan fingerprint density at radius 2 is 1.96 bits per heavy atom. The van der Waals surface area contributed by atoms with E-state index < -0.39 is 0 Å². The van der Waals surface area contributed by atoms with Crippen molar-refractivity contribution in [3.63, 3.8) is 0 Å². The first kappa shape index (κ1) is 15.4. The molecule has 3 heterocycles. The molecule has 1 aliphatic heterocycles. The summed E-state index contributed by atoms with van der Waals surface area (Å²) in [4.78, 5) is 19.3. The van der Waals surface area contributed by atoms with E-state index in [1.165, 1.54) is 0 Å². The number of carbonyl (C=O) groups excluding carboxylic acids is 1. The smallest absolute Gasteiger partial charge is 0.262 e. The van der Waals surface area contributed by atoms with Crippen molar-refractivity contribution in [2.45, 2.75) is 6.92 Å². The third-order valence-electron chi connectivity index (χ3n) is 4.18. The van der Waals surface area contributed by atoms with E-state index in [0.29, 0.717) is 36.0 Å². The molecule has 0 N–H and O–H groups in total. The highest BCUT2D eigenvalue weighted by Gasteiger charge is 2.28. The second kappa shape index (κ2) is 6.05. The SMILES string of the molecule is Cc1ccc2c(n1)OCCN2C(=O)c1cn(C)nc1-c1ccccc1. The molecular formula is C19H18N4O2. The Kier molecular flexibility index (Phi) is 3.72. The van der Waals surface area contributed by atoms with E-state index in [-0.39, 0.29) is 5.91 Å². The Bertz CT molecular complexity index is 934. The van der Waals surface area contributed by atoms with E-state index in [1.807, 2.05) is 56.4 Å². The highest BCUT2D eigenvalue weighted by Crippen LogP contribution is 2.32. The minimum atomic E-state index is -0.0952. The summed E-state index contributed by atoms with van der Waals surface area (Å²) < 4.78 is 7.29. The van der Waals surface area contributed by atoms with Gasteiger partial charge in [-0.3, -0.25) is 14.4 Å². The molecule has 6 nitrogen and oxygen atoms in total. The van der Waals surface area contributed by atoms with Crippen LogP contribution >= 0.6 is 0 Å². The molecule has 6 heteroatoms. The summed E-state index contributed by atoms with van der Waals surface area (Å²) >= 11 is 0. The van der Waals surface area contributed by atoms with E-state index in [4.69, 9.17) is 4.74 Å². The first-order valence-electron chi connectivity index (χ1n) is 8.15. The number of ether oxygens (including phenoxy) is 1. The highest BCUT2D eigenvalue weighted by atomic mass is 16.5. The van der Waals surface area contributed by atoms with Gasteiger partial charge in [-0.2, -0.15) is 5.10 Å². The normalized spacial score (nSPS) is 13.3. The van der Waals surface area contributed by atoms with Gasteiger partial charge < -0.3 is 4.74 Å². The molecule has 126 valence electrons. The average Bonchev–Trinajstić information content (AvgIpc) is 3.03. The van der Waals surface area contributed by atoms with Crippen LogP contribution in [0.15, 0.2) is 48.7 Å². The maximum absolute atomic E-state index is 13.2. The standard InChI is InChI=1S/C19H18N4O2/c1-13-8-9-16-18(20-13)25-11-10-23(16)19(24)15-12-22(2)21-17(15)14-6-4-3-5-7-14/h3-9,12H,10-11H2,1-2H3. The van der Waals surface area contributed by atoms with Crippen molar-refractivity contribution >= 4 is 11.6 Å². The number of pyridine rings is 1. The Morgan fingerprint density at radius 1 is 1.16 bits per heavy atom. The third-order valence-corrected chi connectivity index (χ3v) is 4.18. The van der Waals surface area contributed by atoms with Crippen molar-refractivity contribution in [3.05, 3.63) is 59.9 Å². The second-order valence-electron chi connectivity index (χ2n) is 6.01. The van der Waals surface area contributed by atoms with Crippen LogP contribution in [0.25, 0.3) is 11.3 Å². The largest absolute Gasteiger partial charge is 0.474 e. The van der Waals surface area contributed by atoms with Gasteiger partial charge >= 0.3 is 0 Å². The molecule has 25 heavy (non-hydrogen) atoms. The molecule has 0 aliphatic carbocycles. The number of rotatable bonds is 2. The molecule has 0 saturated heterocycles. The lowest BCUT2D eigenvalue weighted by Crippen LogP contribution is -2.38. The van der Waals surface area contributed by atoms with Gasteiger partial charge in [-0.1, -0.05) is 30.3 Å². The molecule has 1 aromatic carbocycles. The molecule has 0 atom stereocenters. The average molecular weight is 334 g/mol. The van der Waals surface area contributed by atoms with Gasteiger partial charge in [0, 0.05) is 24.5 Å². The highest BCUT2D eigenvalue weighted by molar-refractivity contribution is 6.10. The van der Waals surface area contributed by atoms with Crippen molar-refractivity contribution < 1.29 is 9.53 Å². The van der Waals surface area contributed by atoms with E-state index >= 15 is 0 Å². The first-order chi connectivity index (χ1) is 12.1. The van der Waals surface area contributed by atoms with Gasteiger partial charge in [-0.25, -0.2) is 4.98 Å². The zero-order chi connectivity index (χ0) is 17.4. The monoisotopic (exact) mass is 334 g/mol. The molecule has 1 amide bonds. The van der Waals surface area contributed by atoms with Crippen molar-refractivity contribution in [2.75, 3.05) is 18.1 Å². The van der Waals surface area contributed by atoms with Crippen LogP contribution in [-0.2, 0) is 7.05 Å². The Balaban J connectivity index is 1.77. The molecule has 2 aromatic heterocycles. The van der Waals surface area contributed by atoms with Crippen LogP contribution in [0.1, 0.15) is 16.1 Å². The van der Waals surface area contributed by atoms with Gasteiger partial charge in [0.05, 0.1) is 12.1 Å². The molecule has 0 bridgehead atoms. The Morgan fingerprint density at radius 3 is 2.76 bits per heavy atom. The number of benzene rings is 1. The van der Waals surface area contributed by atoms with Crippen LogP contribution in [-0.4, -0.2) is 33.8 Å². The molecule has 3 aromatic rings. The maximum atomic E-state index is 13.2. The predicted octanol–water partition coefficient (Wildman–Crippen LogP) is 2.83. The third kappa shape index (κ3) is 2.76. The number of fused-ring (bicyclic) bond motifs is 1. The number of aryl methyl sites for hydroxylation is 2. The molecule has 0 saturated carbocycles. The summed E-state index contributed by atoms with van der Waals surface area (Å²) in [5, 5.41) is 4.49. The molecule has 0 radical (unpaired) electrons. The Hall–Kier alpha value is -3.15. The summed E-state index contributed by atoms with van der Waals surface area (Å²) in [7, 11) is 1.82. The minimum Gasteiger partial charge on any atom is -0.474 e. The topological polar surface area (TPSA) is 60.2 Å². The van der Waals surface area contributed by atoms with Crippen molar-refractivity contribution in [1.82, 2.24) is 14.8 Å². The summed E-state index contributed by atoms with van der Waals surface area (Å²) in [6.45, 7) is 2.81. The van der Waals surface area contributed by atoms with Crippen molar-refractivity contribution in [2.24, 2.45) is 7.05 Å². The molecule has 1 aliphatic rings. The number of nitrogens with zero attached hydrogens (tertiary/aromatic N) is 4. The number of amides is 1. The molecule has 0 unspecified atom stereocenters. The van der Waals surface area contributed by atoms with E-state index in [1.54, 1.807) is 15.8 Å². The fourth-order valence-corrected chi connectivity index (χ4v) is 3.00. The first-order valence-corrected chi connectivity index (χ1v) is 8.15. The van der Waals surface area contributed by atoms with Gasteiger partial charge in [-0.05, 0) is 19.1 Å². The maximum Gasteiger partial charge on any atom is 0.262 e. The summed E-state index contributed by atoms with van der Waals surface area (Å²) in [6, 6.07) is 13.5. The molecular weight excluding hydrogens is 316 g/mol. The number of anilines is 1. The molecule has 4 rings (SSSR count). The second-order valence-corrected chi connectivity index (χ2v) is 6.01. The van der Waals surface area contributed by atoms with Crippen LogP contribution in [0.4, 0.5) is 5.69 Å². The number of aromatic nitrogens is 3. The summed E-state index contributed by atoms with van der Waals surface area (Å²) in [5.41, 5.74) is 3.73. The van der Waals surface area contributed by atoms with Gasteiger partial charge in [-0.15, -0.1) is 0 Å². The number of hydrogen-bond acceptors (Lipinski definition) is 4. The lowest BCUT2D eigenvalue weighted by atomic mass is 10.1. The van der Waals surface area contributed by atoms with Gasteiger partial charge in [0.1, 0.15) is 18.0 Å². The molecule has 0 fully saturated rings. The molecule has 0 spiro atoms.